The Morgan fingerprint density at radius 2 is 1.89 bits per heavy atom. The number of aromatic nitrogens is 2. The summed E-state index contributed by atoms with van der Waals surface area (Å²) in [5.41, 5.74) is 2.81. The van der Waals surface area contributed by atoms with Gasteiger partial charge in [0.15, 0.2) is 5.16 Å². The topological polar surface area (TPSA) is 84.1 Å². The van der Waals surface area contributed by atoms with Crippen LogP contribution in [-0.4, -0.2) is 22.5 Å². The fourth-order valence-electron chi connectivity index (χ4n) is 4.13. The lowest BCUT2D eigenvalue weighted by molar-refractivity contribution is -0.138. The molecule has 2 aromatic carbocycles. The van der Waals surface area contributed by atoms with Crippen LogP contribution in [0, 0.1) is 0 Å². The smallest absolute Gasteiger partial charge is 0.337 e. The molecule has 9 heteroatoms. The van der Waals surface area contributed by atoms with Crippen molar-refractivity contribution in [3.05, 3.63) is 115 Å². The summed E-state index contributed by atoms with van der Waals surface area (Å²) in [6.07, 6.45) is 0. The summed E-state index contributed by atoms with van der Waals surface area (Å²) in [7, 11) is 0. The van der Waals surface area contributed by atoms with E-state index < -0.39 is 11.9 Å². The van der Waals surface area contributed by atoms with Crippen LogP contribution in [0.4, 0.5) is 5.82 Å². The van der Waals surface area contributed by atoms with Gasteiger partial charge in [-0.05, 0) is 35.6 Å². The summed E-state index contributed by atoms with van der Waals surface area (Å²) in [5, 5.41) is 6.35. The molecule has 2 aromatic heterocycles. The third-order valence-electron chi connectivity index (χ3n) is 5.73. The zero-order valence-electron chi connectivity index (χ0n) is 19.3. The Kier molecular flexibility index (Phi) is 7.27. The van der Waals surface area contributed by atoms with E-state index in [0.29, 0.717) is 38.6 Å². The molecule has 6 nitrogen and oxygen atoms in total. The average molecular weight is 536 g/mol. The third kappa shape index (κ3) is 4.84. The molecule has 1 aliphatic rings. The molecule has 0 amide bonds. The fraction of sp³-hybridized carbons (Fsp3) is 0.148. The highest BCUT2D eigenvalue weighted by Crippen LogP contribution is 2.44. The van der Waals surface area contributed by atoms with Crippen molar-refractivity contribution in [1.82, 2.24) is 9.97 Å². The van der Waals surface area contributed by atoms with Gasteiger partial charge in [-0.15, -0.1) is 11.3 Å². The fourth-order valence-corrected chi connectivity index (χ4v) is 6.12. The molecule has 0 saturated heterocycles. The van der Waals surface area contributed by atoms with Crippen LogP contribution in [0.25, 0.3) is 5.70 Å². The van der Waals surface area contributed by atoms with Crippen LogP contribution in [0.5, 0.6) is 0 Å². The van der Waals surface area contributed by atoms with Crippen LogP contribution in [-0.2, 0) is 15.3 Å². The monoisotopic (exact) mass is 535 g/mol. The van der Waals surface area contributed by atoms with Gasteiger partial charge in [-0.2, -0.15) is 0 Å². The number of H-pyrrole nitrogens is 1. The molecule has 0 spiro atoms. The number of carbonyl (C=O) groups excluding carboxylic acids is 1. The molecule has 182 valence electrons. The first-order chi connectivity index (χ1) is 17.6. The highest BCUT2D eigenvalue weighted by atomic mass is 35.5. The van der Waals surface area contributed by atoms with Gasteiger partial charge >= 0.3 is 5.97 Å². The summed E-state index contributed by atoms with van der Waals surface area (Å²) in [6, 6.07) is 20.9. The maximum atomic E-state index is 13.5. The SMILES string of the molecule is CCOC(=O)C1=C(c2ccccc2)Nc2nc(SCc3ccccc3Cl)[nH]c(=O)c2C1c1cccs1. The zero-order chi connectivity index (χ0) is 25.1. The molecule has 1 unspecified atom stereocenters. The summed E-state index contributed by atoms with van der Waals surface area (Å²) in [6.45, 7) is 1.99. The van der Waals surface area contributed by atoms with Crippen molar-refractivity contribution in [2.75, 3.05) is 11.9 Å². The molecule has 0 fully saturated rings. The van der Waals surface area contributed by atoms with E-state index in [1.54, 1.807) is 6.92 Å². The third-order valence-corrected chi connectivity index (χ3v) is 7.96. The number of hydrogen-bond donors (Lipinski definition) is 2. The average Bonchev–Trinajstić information content (AvgIpc) is 3.42. The number of anilines is 1. The molecule has 36 heavy (non-hydrogen) atoms. The Morgan fingerprint density at radius 3 is 2.61 bits per heavy atom. The molecule has 0 aliphatic carbocycles. The first-order valence-corrected chi connectivity index (χ1v) is 13.6. The van der Waals surface area contributed by atoms with Crippen LogP contribution in [0.15, 0.2) is 87.6 Å². The Hall–Kier alpha value is -3.33. The standard InChI is InChI=1S/C27H22ClN3O3S2/c1-2-34-26(33)21-20(19-13-8-14-35-19)22-24(29-23(21)16-9-4-3-5-10-16)30-27(31-25(22)32)36-15-17-11-6-7-12-18(17)28/h3-14,20H,2,15H2,1H3,(H2,29,30,31,32). The van der Waals surface area contributed by atoms with Gasteiger partial charge in [0.05, 0.1) is 29.4 Å². The van der Waals surface area contributed by atoms with E-state index in [9.17, 15) is 9.59 Å². The van der Waals surface area contributed by atoms with Crippen LogP contribution in [0.2, 0.25) is 5.02 Å². The lowest BCUT2D eigenvalue weighted by atomic mass is 9.84. The maximum absolute atomic E-state index is 13.5. The molecule has 4 aromatic rings. The Balaban J connectivity index is 1.63. The Labute approximate surface area is 221 Å². The summed E-state index contributed by atoms with van der Waals surface area (Å²) in [5.74, 6) is -0.116. The first-order valence-electron chi connectivity index (χ1n) is 11.3. The van der Waals surface area contributed by atoms with E-state index in [0.717, 1.165) is 16.0 Å². The summed E-state index contributed by atoms with van der Waals surface area (Å²) >= 11 is 9.18. The number of halogens is 1. The number of benzene rings is 2. The van der Waals surface area contributed by atoms with Crippen LogP contribution in [0.1, 0.15) is 34.4 Å². The molecule has 1 atom stereocenters. The number of thioether (sulfide) groups is 1. The first kappa shape index (κ1) is 24.4. The van der Waals surface area contributed by atoms with Crippen LogP contribution in [0.3, 0.4) is 0 Å². The summed E-state index contributed by atoms with van der Waals surface area (Å²) < 4.78 is 5.46. The number of esters is 1. The number of carbonyl (C=O) groups is 1. The summed E-state index contributed by atoms with van der Waals surface area (Å²) in [4.78, 5) is 35.3. The molecule has 0 radical (unpaired) electrons. The van der Waals surface area contributed by atoms with Crippen molar-refractivity contribution in [3.8, 4) is 0 Å². The molecule has 3 heterocycles. The van der Waals surface area contributed by atoms with Gasteiger partial charge in [0, 0.05) is 15.7 Å². The van der Waals surface area contributed by atoms with E-state index in [-0.39, 0.29) is 12.2 Å². The number of nitrogens with zero attached hydrogens (tertiary/aromatic N) is 1. The molecule has 2 N–H and O–H groups in total. The number of aromatic amines is 1. The molecule has 1 aliphatic heterocycles. The second-order valence-corrected chi connectivity index (χ2v) is 10.3. The highest BCUT2D eigenvalue weighted by Gasteiger charge is 2.38. The minimum Gasteiger partial charge on any atom is -0.463 e. The number of fused-ring (bicyclic) bond motifs is 1. The molecule has 0 saturated carbocycles. The van der Waals surface area contributed by atoms with Crippen molar-refractivity contribution < 1.29 is 9.53 Å². The minimum atomic E-state index is -0.616. The zero-order valence-corrected chi connectivity index (χ0v) is 21.7. The second-order valence-electron chi connectivity index (χ2n) is 7.96. The normalized spacial score (nSPS) is 14.8. The predicted molar refractivity (Wildman–Crippen MR) is 146 cm³/mol. The van der Waals surface area contributed by atoms with E-state index >= 15 is 0 Å². The highest BCUT2D eigenvalue weighted by molar-refractivity contribution is 7.98. The van der Waals surface area contributed by atoms with E-state index in [1.165, 1.54) is 23.1 Å². The molecule has 5 rings (SSSR count). The van der Waals surface area contributed by atoms with E-state index in [2.05, 4.69) is 10.3 Å². The number of nitrogens with one attached hydrogen (secondary N) is 2. The lowest BCUT2D eigenvalue weighted by Crippen LogP contribution is -2.31. The largest absolute Gasteiger partial charge is 0.463 e. The minimum absolute atomic E-state index is 0.223. The van der Waals surface area contributed by atoms with Crippen molar-refractivity contribution in [2.45, 2.75) is 23.8 Å². The number of ether oxygens (including phenoxy) is 1. The van der Waals surface area contributed by atoms with Gasteiger partial charge in [0.2, 0.25) is 0 Å². The number of hydrogen-bond acceptors (Lipinski definition) is 7. The lowest BCUT2D eigenvalue weighted by Gasteiger charge is -2.29. The van der Waals surface area contributed by atoms with Crippen molar-refractivity contribution in [3.63, 3.8) is 0 Å². The number of rotatable bonds is 7. The maximum Gasteiger partial charge on any atom is 0.337 e. The van der Waals surface area contributed by atoms with Crippen LogP contribution >= 0.6 is 34.7 Å². The van der Waals surface area contributed by atoms with Gasteiger partial charge in [-0.25, -0.2) is 9.78 Å². The van der Waals surface area contributed by atoms with Crippen molar-refractivity contribution in [1.29, 1.82) is 0 Å². The second kappa shape index (κ2) is 10.7. The van der Waals surface area contributed by atoms with Crippen LogP contribution < -0.4 is 10.9 Å². The van der Waals surface area contributed by atoms with Gasteiger partial charge in [-0.3, -0.25) is 4.79 Å². The van der Waals surface area contributed by atoms with Gasteiger partial charge in [0.1, 0.15) is 5.82 Å². The Bertz CT molecular complexity index is 1480. The van der Waals surface area contributed by atoms with Gasteiger partial charge < -0.3 is 15.0 Å². The predicted octanol–water partition coefficient (Wildman–Crippen LogP) is 6.31. The number of thiophene rings is 1. The van der Waals surface area contributed by atoms with Gasteiger partial charge in [-0.1, -0.05) is 78.0 Å². The van der Waals surface area contributed by atoms with E-state index in [4.69, 9.17) is 21.3 Å². The van der Waals surface area contributed by atoms with Gasteiger partial charge in [0.25, 0.3) is 5.56 Å². The van der Waals surface area contributed by atoms with Crippen molar-refractivity contribution >= 4 is 52.2 Å². The van der Waals surface area contributed by atoms with E-state index in [1.807, 2.05) is 72.1 Å². The Morgan fingerprint density at radius 1 is 1.11 bits per heavy atom. The molecular weight excluding hydrogens is 514 g/mol. The van der Waals surface area contributed by atoms with Crippen molar-refractivity contribution in [2.24, 2.45) is 0 Å². The molecular formula is C27H22ClN3O3S2. The molecule has 0 bridgehead atoms. The quantitative estimate of drug-likeness (QED) is 0.164.